The number of nitro groups is 1. The van der Waals surface area contributed by atoms with E-state index in [1.807, 2.05) is 24.3 Å². The summed E-state index contributed by atoms with van der Waals surface area (Å²) in [5.41, 5.74) is 13.5. The van der Waals surface area contributed by atoms with Gasteiger partial charge in [-0.3, -0.25) is 10.1 Å². The highest BCUT2D eigenvalue weighted by Gasteiger charge is 2.33. The fraction of sp³-hybridized carbons (Fsp3) is 0.231. The Morgan fingerprint density at radius 3 is 2.75 bits per heavy atom. The number of nitrogen functional groups attached to an aromatic ring is 2. The van der Waals surface area contributed by atoms with Crippen LogP contribution in [0.25, 0.3) is 0 Å². The van der Waals surface area contributed by atoms with Crippen LogP contribution in [0.15, 0.2) is 24.3 Å². The van der Waals surface area contributed by atoms with Gasteiger partial charge in [0.25, 0.3) is 0 Å². The molecule has 7 nitrogen and oxygen atoms in total. The summed E-state index contributed by atoms with van der Waals surface area (Å²) in [6.45, 7) is 0. The third-order valence-corrected chi connectivity index (χ3v) is 3.60. The summed E-state index contributed by atoms with van der Waals surface area (Å²) in [7, 11) is 0. The maximum atomic E-state index is 11.2. The molecule has 0 fully saturated rings. The van der Waals surface area contributed by atoms with Crippen molar-refractivity contribution in [1.82, 2.24) is 9.97 Å². The van der Waals surface area contributed by atoms with Crippen LogP contribution >= 0.6 is 0 Å². The smallest absolute Gasteiger partial charge is 0.333 e. The predicted octanol–water partition coefficient (Wildman–Crippen LogP) is 1.63. The molecule has 0 radical (unpaired) electrons. The van der Waals surface area contributed by atoms with Crippen molar-refractivity contribution >= 4 is 17.5 Å². The van der Waals surface area contributed by atoms with Gasteiger partial charge in [0.05, 0.1) is 4.92 Å². The van der Waals surface area contributed by atoms with Gasteiger partial charge in [0, 0.05) is 5.92 Å². The molecule has 1 aliphatic rings. The van der Waals surface area contributed by atoms with Gasteiger partial charge in [0.1, 0.15) is 5.69 Å². The molecule has 7 heteroatoms. The lowest BCUT2D eigenvalue weighted by Gasteiger charge is -2.12. The van der Waals surface area contributed by atoms with Gasteiger partial charge in [0.15, 0.2) is 0 Å². The lowest BCUT2D eigenvalue weighted by Crippen LogP contribution is -2.11. The number of rotatable bonds is 2. The molecular formula is C13H13N5O2. The van der Waals surface area contributed by atoms with E-state index in [1.54, 1.807) is 0 Å². The zero-order chi connectivity index (χ0) is 14.3. The number of fused-ring (bicyclic) bond motifs is 1. The number of aryl methyl sites for hydroxylation is 1. The minimum Gasteiger partial charge on any atom is -0.378 e. The normalized spacial score (nSPS) is 16.9. The largest absolute Gasteiger partial charge is 0.378 e. The maximum Gasteiger partial charge on any atom is 0.333 e. The number of nitrogens with zero attached hydrogens (tertiary/aromatic N) is 3. The number of nitrogens with two attached hydrogens (primary N) is 2. The zero-order valence-corrected chi connectivity index (χ0v) is 10.6. The van der Waals surface area contributed by atoms with Crippen molar-refractivity contribution in [2.75, 3.05) is 11.5 Å². The van der Waals surface area contributed by atoms with Gasteiger partial charge < -0.3 is 11.5 Å². The van der Waals surface area contributed by atoms with Crippen molar-refractivity contribution in [3.8, 4) is 0 Å². The van der Waals surface area contributed by atoms with E-state index in [2.05, 4.69) is 9.97 Å². The molecule has 2 aromatic rings. The van der Waals surface area contributed by atoms with Crippen LogP contribution in [0, 0.1) is 10.1 Å². The Bertz CT molecular complexity index is 701. The molecule has 1 aromatic carbocycles. The van der Waals surface area contributed by atoms with E-state index in [0.717, 1.165) is 18.4 Å². The van der Waals surface area contributed by atoms with Gasteiger partial charge >= 0.3 is 5.69 Å². The third-order valence-electron chi connectivity index (χ3n) is 3.60. The fourth-order valence-electron chi connectivity index (χ4n) is 2.78. The Hall–Kier alpha value is -2.70. The van der Waals surface area contributed by atoms with E-state index in [1.165, 1.54) is 5.56 Å². The third kappa shape index (κ3) is 1.83. The van der Waals surface area contributed by atoms with E-state index in [9.17, 15) is 10.1 Å². The molecule has 0 saturated carbocycles. The molecule has 0 aliphatic heterocycles. The second-order valence-corrected chi connectivity index (χ2v) is 4.75. The standard InChI is InChI=1S/C13H13N5O2/c14-12-11(18(19)20)10(16-13(15)17-12)9-6-5-7-3-1-2-4-8(7)9/h1-4,9H,5-6H2,(H4,14,15,16,17)/t9-/m1/s1. The topological polar surface area (TPSA) is 121 Å². The number of benzene rings is 1. The SMILES string of the molecule is Nc1nc(N)c([N+](=O)[O-])c([C@@H]2CCc3ccccc32)n1. The van der Waals surface area contributed by atoms with Crippen molar-refractivity contribution in [1.29, 1.82) is 0 Å². The Labute approximate surface area is 114 Å². The minimum absolute atomic E-state index is 0.0347. The Morgan fingerprint density at radius 1 is 1.25 bits per heavy atom. The molecule has 0 spiro atoms. The highest BCUT2D eigenvalue weighted by atomic mass is 16.6. The Balaban J connectivity index is 2.19. The highest BCUT2D eigenvalue weighted by molar-refractivity contribution is 5.60. The first-order valence-electron chi connectivity index (χ1n) is 6.23. The molecule has 1 heterocycles. The second-order valence-electron chi connectivity index (χ2n) is 4.75. The zero-order valence-electron chi connectivity index (χ0n) is 10.6. The highest BCUT2D eigenvalue weighted by Crippen LogP contribution is 2.41. The average molecular weight is 271 g/mol. The summed E-state index contributed by atoms with van der Waals surface area (Å²) in [5.74, 6) is -0.367. The van der Waals surface area contributed by atoms with E-state index < -0.39 is 4.92 Å². The van der Waals surface area contributed by atoms with Crippen molar-refractivity contribution in [2.24, 2.45) is 0 Å². The molecule has 1 atom stereocenters. The molecule has 0 unspecified atom stereocenters. The van der Waals surface area contributed by atoms with Crippen LogP contribution in [0.3, 0.4) is 0 Å². The monoisotopic (exact) mass is 271 g/mol. The van der Waals surface area contributed by atoms with E-state index in [-0.39, 0.29) is 23.4 Å². The van der Waals surface area contributed by atoms with Gasteiger partial charge in [-0.25, -0.2) is 4.98 Å². The van der Waals surface area contributed by atoms with Crippen LogP contribution in [-0.4, -0.2) is 14.9 Å². The van der Waals surface area contributed by atoms with E-state index >= 15 is 0 Å². The van der Waals surface area contributed by atoms with Crippen LogP contribution in [0.1, 0.15) is 29.2 Å². The molecule has 0 saturated heterocycles. The summed E-state index contributed by atoms with van der Waals surface area (Å²) >= 11 is 0. The lowest BCUT2D eigenvalue weighted by molar-refractivity contribution is -0.385. The molecule has 4 N–H and O–H groups in total. The van der Waals surface area contributed by atoms with Crippen LogP contribution in [0.5, 0.6) is 0 Å². The van der Waals surface area contributed by atoms with E-state index in [0.29, 0.717) is 5.69 Å². The Kier molecular flexibility index (Phi) is 2.74. The lowest BCUT2D eigenvalue weighted by atomic mass is 9.96. The fourth-order valence-corrected chi connectivity index (χ4v) is 2.78. The molecule has 1 aromatic heterocycles. The molecule has 0 amide bonds. The first kappa shape index (κ1) is 12.3. The molecule has 20 heavy (non-hydrogen) atoms. The van der Waals surface area contributed by atoms with Gasteiger partial charge in [-0.05, 0) is 24.0 Å². The van der Waals surface area contributed by atoms with Crippen LogP contribution in [-0.2, 0) is 6.42 Å². The number of anilines is 2. The van der Waals surface area contributed by atoms with Gasteiger partial charge in [0.2, 0.25) is 11.8 Å². The summed E-state index contributed by atoms with van der Waals surface area (Å²) < 4.78 is 0. The van der Waals surface area contributed by atoms with Crippen molar-refractivity contribution in [3.05, 3.63) is 51.2 Å². The average Bonchev–Trinajstić information content (AvgIpc) is 2.80. The van der Waals surface area contributed by atoms with Crippen molar-refractivity contribution < 1.29 is 4.92 Å². The molecule has 1 aliphatic carbocycles. The number of aromatic nitrogens is 2. The summed E-state index contributed by atoms with van der Waals surface area (Å²) in [5, 5.41) is 11.2. The second kappa shape index (κ2) is 4.44. The van der Waals surface area contributed by atoms with Gasteiger partial charge in [-0.1, -0.05) is 24.3 Å². The first-order chi connectivity index (χ1) is 9.58. The van der Waals surface area contributed by atoms with Crippen molar-refractivity contribution in [2.45, 2.75) is 18.8 Å². The molecule has 3 rings (SSSR count). The predicted molar refractivity (Wildman–Crippen MR) is 74.1 cm³/mol. The van der Waals surface area contributed by atoms with E-state index in [4.69, 9.17) is 11.5 Å². The Morgan fingerprint density at radius 2 is 2.00 bits per heavy atom. The summed E-state index contributed by atoms with van der Waals surface area (Å²) in [6.07, 6.45) is 1.62. The quantitative estimate of drug-likeness (QED) is 0.632. The van der Waals surface area contributed by atoms with Crippen LogP contribution in [0.4, 0.5) is 17.5 Å². The molecular weight excluding hydrogens is 258 g/mol. The number of hydrogen-bond donors (Lipinski definition) is 2. The van der Waals surface area contributed by atoms with Gasteiger partial charge in [-0.15, -0.1) is 0 Å². The maximum absolute atomic E-state index is 11.2. The van der Waals surface area contributed by atoms with Crippen LogP contribution < -0.4 is 11.5 Å². The first-order valence-corrected chi connectivity index (χ1v) is 6.23. The minimum atomic E-state index is -0.537. The molecule has 102 valence electrons. The summed E-state index contributed by atoms with van der Waals surface area (Å²) in [4.78, 5) is 18.5. The van der Waals surface area contributed by atoms with Crippen molar-refractivity contribution in [3.63, 3.8) is 0 Å². The summed E-state index contributed by atoms with van der Waals surface area (Å²) in [6, 6.07) is 7.86. The van der Waals surface area contributed by atoms with Gasteiger partial charge in [-0.2, -0.15) is 4.98 Å². The number of hydrogen-bond acceptors (Lipinski definition) is 6. The molecule has 0 bridgehead atoms. The van der Waals surface area contributed by atoms with Crippen LogP contribution in [0.2, 0.25) is 0 Å².